The SMILES string of the molecule is C=CC1=CC(=C(N=O)NO)[C+](C=CC2=CC(=C(N=O)NO)[C+](C=Cc3ccc(C=Cc4ccc(C=C)c(C(=N[O-])N[O-])c4)c(C(=N[O-])N[O-])c3)C=C2)C=C1. The Bertz CT molecular complexity index is 2140. The first kappa shape index (κ1) is 39.3. The summed E-state index contributed by atoms with van der Waals surface area (Å²) in [6, 6.07) is 9.68. The van der Waals surface area contributed by atoms with Gasteiger partial charge in [0.1, 0.15) is 22.8 Å². The predicted molar refractivity (Wildman–Crippen MR) is 210 cm³/mol. The highest BCUT2D eigenvalue weighted by atomic mass is 16.5. The molecule has 2 aromatic rings. The van der Waals surface area contributed by atoms with E-state index >= 15 is 0 Å². The number of hydrogen-bond acceptors (Lipinski definition) is 14. The van der Waals surface area contributed by atoms with Crippen LogP contribution < -0.4 is 21.9 Å². The Morgan fingerprint density at radius 2 is 1.17 bits per heavy atom. The Morgan fingerprint density at radius 3 is 1.67 bits per heavy atom. The predicted octanol–water partition coefficient (Wildman–Crippen LogP) is 6.97. The van der Waals surface area contributed by atoms with Crippen molar-refractivity contribution in [1.82, 2.24) is 21.9 Å². The number of nitroso groups, excluding NO2 is 2. The van der Waals surface area contributed by atoms with E-state index in [2.05, 4.69) is 33.8 Å². The molecule has 0 radical (unpaired) electrons. The van der Waals surface area contributed by atoms with Gasteiger partial charge in [-0.05, 0) is 47.0 Å². The highest BCUT2D eigenvalue weighted by Crippen LogP contribution is 2.32. The van der Waals surface area contributed by atoms with Crippen molar-refractivity contribution < 1.29 is 10.4 Å². The molecule has 54 heavy (non-hydrogen) atoms. The summed E-state index contributed by atoms with van der Waals surface area (Å²) in [7, 11) is 0. The summed E-state index contributed by atoms with van der Waals surface area (Å²) >= 11 is 0. The van der Waals surface area contributed by atoms with Gasteiger partial charge in [0.15, 0.2) is 0 Å². The van der Waals surface area contributed by atoms with Gasteiger partial charge in [-0.1, -0.05) is 49.6 Å². The maximum Gasteiger partial charge on any atom is 0.266 e. The summed E-state index contributed by atoms with van der Waals surface area (Å²) in [5.74, 6) is -0.703. The van der Waals surface area contributed by atoms with Crippen LogP contribution in [0.2, 0.25) is 0 Å². The number of hydroxylamine groups is 4. The van der Waals surface area contributed by atoms with Crippen LogP contribution in [0.4, 0.5) is 0 Å². The smallest absolute Gasteiger partial charge is 0.266 e. The molecule has 6 N–H and O–H groups in total. The first-order valence-corrected chi connectivity index (χ1v) is 15.6. The largest absolute Gasteiger partial charge is 0.790 e. The van der Waals surface area contributed by atoms with Crippen LogP contribution in [0.25, 0.3) is 24.3 Å². The number of nitrogens with zero attached hydrogens (tertiary/aromatic N) is 4. The Labute approximate surface area is 308 Å². The van der Waals surface area contributed by atoms with Crippen LogP contribution in [-0.2, 0) is 0 Å². The molecule has 2 aromatic carbocycles. The van der Waals surface area contributed by atoms with Crippen LogP contribution in [0.15, 0.2) is 165 Å². The summed E-state index contributed by atoms with van der Waals surface area (Å²) in [4.78, 5) is 22.9. The van der Waals surface area contributed by atoms with Crippen molar-refractivity contribution in [1.29, 1.82) is 0 Å². The third-order valence-corrected chi connectivity index (χ3v) is 7.92. The van der Waals surface area contributed by atoms with E-state index in [1.165, 1.54) is 23.7 Å². The fourth-order valence-corrected chi connectivity index (χ4v) is 5.23. The Hall–Kier alpha value is -7.50. The minimum Gasteiger partial charge on any atom is -0.790 e. The lowest BCUT2D eigenvalue weighted by Gasteiger charge is -2.18. The second kappa shape index (κ2) is 19.2. The van der Waals surface area contributed by atoms with Gasteiger partial charge in [0.2, 0.25) is 0 Å². The molecule has 2 aliphatic rings. The number of nitrogens with one attached hydrogen (secondary N) is 4. The first-order valence-electron chi connectivity index (χ1n) is 15.6. The summed E-state index contributed by atoms with van der Waals surface area (Å²) in [5.41, 5.74) is 10.7. The number of amidine groups is 2. The van der Waals surface area contributed by atoms with Gasteiger partial charge in [0, 0.05) is 87.3 Å². The van der Waals surface area contributed by atoms with Crippen LogP contribution >= 0.6 is 0 Å². The molecule has 0 aromatic heterocycles. The third kappa shape index (κ3) is 9.23. The average molecular weight is 727 g/mol. The van der Waals surface area contributed by atoms with E-state index in [0.29, 0.717) is 50.8 Å². The quantitative estimate of drug-likeness (QED) is 0.0288. The molecule has 16 nitrogen and oxygen atoms in total. The highest BCUT2D eigenvalue weighted by molar-refractivity contribution is 6.04. The topological polar surface area (TPSA) is 264 Å². The molecule has 0 saturated heterocycles. The van der Waals surface area contributed by atoms with Crippen molar-refractivity contribution >= 4 is 36.0 Å². The van der Waals surface area contributed by atoms with Gasteiger partial charge >= 0.3 is 0 Å². The van der Waals surface area contributed by atoms with Crippen LogP contribution in [0.5, 0.6) is 0 Å². The van der Waals surface area contributed by atoms with Crippen LogP contribution in [0.3, 0.4) is 0 Å². The minimum atomic E-state index is -0.503. The van der Waals surface area contributed by atoms with E-state index in [1.807, 2.05) is 0 Å². The summed E-state index contributed by atoms with van der Waals surface area (Å²) in [6.45, 7) is 7.37. The molecule has 0 aliphatic heterocycles. The number of rotatable bonds is 14. The molecule has 0 spiro atoms. The van der Waals surface area contributed by atoms with Gasteiger partial charge in [0.05, 0.1) is 17.4 Å². The highest BCUT2D eigenvalue weighted by Gasteiger charge is 2.27. The minimum absolute atomic E-state index is 0.144. The molecule has 0 unspecified atom stereocenters. The van der Waals surface area contributed by atoms with Gasteiger partial charge in [-0.25, -0.2) is 11.0 Å². The molecule has 272 valence electrons. The zero-order chi connectivity index (χ0) is 39.0. The first-order chi connectivity index (χ1) is 26.3. The van der Waals surface area contributed by atoms with E-state index < -0.39 is 17.5 Å². The Kier molecular flexibility index (Phi) is 14.0. The summed E-state index contributed by atoms with van der Waals surface area (Å²) in [5, 5.41) is 76.0. The van der Waals surface area contributed by atoms with E-state index in [-0.39, 0.29) is 22.5 Å². The van der Waals surface area contributed by atoms with Crippen molar-refractivity contribution in [2.45, 2.75) is 0 Å². The monoisotopic (exact) mass is 726 g/mol. The molecule has 0 bridgehead atoms. The van der Waals surface area contributed by atoms with Crippen molar-refractivity contribution in [3.05, 3.63) is 220 Å². The zero-order valence-electron chi connectivity index (χ0n) is 28.1. The zero-order valence-corrected chi connectivity index (χ0v) is 28.1. The summed E-state index contributed by atoms with van der Waals surface area (Å²) < 4.78 is 0. The lowest BCUT2D eigenvalue weighted by atomic mass is 9.87. The Balaban J connectivity index is 1.65. The average Bonchev–Trinajstić information content (AvgIpc) is 3.21. The van der Waals surface area contributed by atoms with Gasteiger partial charge in [-0.2, -0.15) is 0 Å². The maximum atomic E-state index is 11.7. The van der Waals surface area contributed by atoms with Gasteiger partial charge < -0.3 is 42.1 Å². The molecular weight excluding hydrogens is 696 g/mol. The van der Waals surface area contributed by atoms with Crippen molar-refractivity contribution in [2.24, 2.45) is 20.7 Å². The molecular formula is C38H30N8O8-2. The molecule has 0 saturated carbocycles. The number of allylic oxidation sites excluding steroid dienone is 14. The lowest BCUT2D eigenvalue weighted by molar-refractivity contribution is 0.198. The van der Waals surface area contributed by atoms with E-state index in [9.17, 15) is 41.1 Å². The van der Waals surface area contributed by atoms with Crippen LogP contribution in [0.1, 0.15) is 33.4 Å². The van der Waals surface area contributed by atoms with Crippen LogP contribution in [-0.4, -0.2) is 22.1 Å². The molecule has 16 heteroatoms. The fraction of sp³-hybridized carbons (Fsp3) is 0. The van der Waals surface area contributed by atoms with Crippen LogP contribution in [0, 0.1) is 42.5 Å². The molecule has 0 fully saturated rings. The Morgan fingerprint density at radius 1 is 0.667 bits per heavy atom. The molecule has 0 amide bonds. The number of benzene rings is 2. The van der Waals surface area contributed by atoms with E-state index in [0.717, 1.165) is 0 Å². The van der Waals surface area contributed by atoms with E-state index in [4.69, 9.17) is 0 Å². The second-order valence-corrected chi connectivity index (χ2v) is 11.0. The molecule has 0 atom stereocenters. The van der Waals surface area contributed by atoms with Gasteiger partial charge in [-0.15, -0.1) is 9.81 Å². The maximum absolute atomic E-state index is 11.7. The van der Waals surface area contributed by atoms with E-state index in [1.54, 1.807) is 120 Å². The standard InChI is InChI=1S/C38H32N8O8/c1-3-23-5-13-28(32(19-23)36(41-49)42-50)14-8-25-9-17-30(34(21-25)38(45-53)46-54)18-11-26-10-16-29(33(22-26)37(43-51)44-52)15-7-24-6-12-27(4-2)31(20-24)35(39-47)40-48/h3-22,41,45,49,53H,1-2H2,(H4-2,39,40,43,44,47,48,51,52)/p-2. The van der Waals surface area contributed by atoms with Crippen molar-refractivity contribution in [3.8, 4) is 0 Å². The number of hydrogen-bond donors (Lipinski definition) is 6. The lowest BCUT2D eigenvalue weighted by Crippen LogP contribution is -2.18. The third-order valence-electron chi connectivity index (χ3n) is 7.92. The van der Waals surface area contributed by atoms with Crippen molar-refractivity contribution in [2.75, 3.05) is 0 Å². The molecule has 0 heterocycles. The van der Waals surface area contributed by atoms with Gasteiger partial charge in [-0.3, -0.25) is 10.4 Å². The van der Waals surface area contributed by atoms with Gasteiger partial charge in [0.25, 0.3) is 11.6 Å². The summed E-state index contributed by atoms with van der Waals surface area (Å²) in [6.07, 6.45) is 22.7. The fourth-order valence-electron chi connectivity index (χ4n) is 5.23. The van der Waals surface area contributed by atoms with Crippen molar-refractivity contribution in [3.63, 3.8) is 0 Å². The second-order valence-electron chi connectivity index (χ2n) is 11.0. The molecule has 4 rings (SSSR count). The molecule has 2 aliphatic carbocycles. The normalized spacial score (nSPS) is 16.7.